The molecule has 1 aliphatic carbocycles. The van der Waals surface area contributed by atoms with Crippen LogP contribution in [-0.2, 0) is 11.8 Å². The molecule has 1 unspecified atom stereocenters. The van der Waals surface area contributed by atoms with Crippen LogP contribution >= 0.6 is 0 Å². The number of piperidine rings is 1. The highest BCUT2D eigenvalue weighted by Crippen LogP contribution is 2.44. The van der Waals surface area contributed by atoms with Crippen LogP contribution in [0, 0.1) is 6.92 Å². The second kappa shape index (κ2) is 5.82. The zero-order chi connectivity index (χ0) is 17.6. The Morgan fingerprint density at radius 3 is 2.88 bits per heavy atom. The molecule has 1 fully saturated rings. The molecule has 1 amide bonds. The maximum absolute atomic E-state index is 12.9. The fourth-order valence-corrected chi connectivity index (χ4v) is 4.10. The number of fused-ring (bicyclic) bond motifs is 2. The zero-order valence-electron chi connectivity index (χ0n) is 14.9. The molecule has 0 bridgehead atoms. The van der Waals surface area contributed by atoms with E-state index in [1.807, 2.05) is 30.1 Å². The van der Waals surface area contributed by atoms with Crippen molar-refractivity contribution in [3.8, 4) is 0 Å². The van der Waals surface area contributed by atoms with Gasteiger partial charge in [0.25, 0.3) is 5.91 Å². The Morgan fingerprint density at radius 2 is 2.16 bits per heavy atom. The molecule has 0 aromatic carbocycles. The molecular formula is C18H23N5O2. The molecule has 2 aromatic rings. The topological polar surface area (TPSA) is 75.4 Å². The first kappa shape index (κ1) is 16.1. The van der Waals surface area contributed by atoms with Crippen LogP contribution in [-0.4, -0.2) is 52.9 Å². The molecule has 2 aliphatic rings. The van der Waals surface area contributed by atoms with Crippen LogP contribution in [0.2, 0.25) is 0 Å². The molecule has 1 spiro atoms. The van der Waals surface area contributed by atoms with E-state index < -0.39 is 0 Å². The Labute approximate surface area is 147 Å². The Morgan fingerprint density at radius 1 is 1.32 bits per heavy atom. The number of aryl methyl sites for hydroxylation is 2. The summed E-state index contributed by atoms with van der Waals surface area (Å²) in [5, 5.41) is 0. The van der Waals surface area contributed by atoms with Crippen molar-refractivity contribution in [3.05, 3.63) is 35.3 Å². The van der Waals surface area contributed by atoms with Crippen molar-refractivity contribution >= 4 is 11.9 Å². The van der Waals surface area contributed by atoms with Crippen molar-refractivity contribution in [3.63, 3.8) is 0 Å². The third-order valence-corrected chi connectivity index (χ3v) is 5.43. The van der Waals surface area contributed by atoms with Crippen molar-refractivity contribution < 1.29 is 9.21 Å². The highest BCUT2D eigenvalue weighted by molar-refractivity contribution is 5.92. The van der Waals surface area contributed by atoms with Gasteiger partial charge in [0.15, 0.2) is 6.39 Å². The third-order valence-electron chi connectivity index (χ3n) is 5.43. The molecule has 0 radical (unpaired) electrons. The molecule has 1 atom stereocenters. The quantitative estimate of drug-likeness (QED) is 0.831. The highest BCUT2D eigenvalue weighted by Gasteiger charge is 2.45. The van der Waals surface area contributed by atoms with Crippen molar-refractivity contribution in [2.45, 2.75) is 38.0 Å². The minimum absolute atomic E-state index is 0.0646. The summed E-state index contributed by atoms with van der Waals surface area (Å²) >= 11 is 0. The molecule has 4 rings (SSSR count). The number of carbonyl (C=O) groups is 1. The molecule has 25 heavy (non-hydrogen) atoms. The average molecular weight is 341 g/mol. The second-order valence-electron chi connectivity index (χ2n) is 7.32. The van der Waals surface area contributed by atoms with E-state index in [0.717, 1.165) is 43.9 Å². The van der Waals surface area contributed by atoms with Gasteiger partial charge < -0.3 is 14.2 Å². The summed E-state index contributed by atoms with van der Waals surface area (Å²) in [6.07, 6.45) is 7.32. The van der Waals surface area contributed by atoms with Crippen molar-refractivity contribution in [1.82, 2.24) is 19.9 Å². The Bertz CT molecular complexity index is 812. The molecule has 1 aliphatic heterocycles. The van der Waals surface area contributed by atoms with Gasteiger partial charge in [-0.1, -0.05) is 0 Å². The SMILES string of the molecule is Cc1ncoc1C(=O)N1CCCC2(CCc3cnc(N(C)C)nc32)C1. The van der Waals surface area contributed by atoms with E-state index in [4.69, 9.17) is 9.40 Å². The lowest BCUT2D eigenvalue weighted by atomic mass is 9.77. The smallest absolute Gasteiger partial charge is 0.291 e. The van der Waals surface area contributed by atoms with Crippen LogP contribution in [0.5, 0.6) is 0 Å². The van der Waals surface area contributed by atoms with Crippen LogP contribution in [0.15, 0.2) is 17.0 Å². The Kier molecular flexibility index (Phi) is 3.74. The normalized spacial score (nSPS) is 22.3. The van der Waals surface area contributed by atoms with E-state index in [1.165, 1.54) is 12.0 Å². The summed E-state index contributed by atoms with van der Waals surface area (Å²) in [5.74, 6) is 1.02. The Hall–Kier alpha value is -2.44. The largest absolute Gasteiger partial charge is 0.438 e. The van der Waals surface area contributed by atoms with Gasteiger partial charge in [0, 0.05) is 38.8 Å². The lowest BCUT2D eigenvalue weighted by Gasteiger charge is -2.40. The number of rotatable bonds is 2. The minimum Gasteiger partial charge on any atom is -0.438 e. The van der Waals surface area contributed by atoms with Crippen LogP contribution in [0.1, 0.15) is 46.8 Å². The molecular weight excluding hydrogens is 318 g/mol. The van der Waals surface area contributed by atoms with E-state index in [0.29, 0.717) is 18.0 Å². The number of carbonyl (C=O) groups excluding carboxylic acids is 1. The Balaban J connectivity index is 1.65. The first-order valence-electron chi connectivity index (χ1n) is 8.73. The molecule has 1 saturated heterocycles. The maximum Gasteiger partial charge on any atom is 0.291 e. The molecule has 132 valence electrons. The van der Waals surface area contributed by atoms with Gasteiger partial charge in [-0.05, 0) is 38.2 Å². The number of aromatic nitrogens is 3. The standard InChI is InChI=1S/C18H23N5O2/c1-12-14(25-11-20-12)16(24)23-8-4-6-18(10-23)7-5-13-9-19-17(22(2)3)21-15(13)18/h9,11H,4-8,10H2,1-3H3. The van der Waals surface area contributed by atoms with Gasteiger partial charge in [-0.2, -0.15) is 0 Å². The lowest BCUT2D eigenvalue weighted by Crippen LogP contribution is -2.48. The van der Waals surface area contributed by atoms with Crippen molar-refractivity contribution in [2.75, 3.05) is 32.1 Å². The molecule has 7 nitrogen and oxygen atoms in total. The average Bonchev–Trinajstić information content (AvgIpc) is 3.19. The van der Waals surface area contributed by atoms with Crippen molar-refractivity contribution in [1.29, 1.82) is 0 Å². The number of oxazole rings is 1. The zero-order valence-corrected chi connectivity index (χ0v) is 14.9. The second-order valence-corrected chi connectivity index (χ2v) is 7.32. The summed E-state index contributed by atoms with van der Waals surface area (Å²) in [7, 11) is 3.90. The summed E-state index contributed by atoms with van der Waals surface area (Å²) in [4.78, 5) is 30.0. The van der Waals surface area contributed by atoms with Crippen LogP contribution in [0.4, 0.5) is 5.95 Å². The molecule has 2 aromatic heterocycles. The summed E-state index contributed by atoms with van der Waals surface area (Å²) in [6.45, 7) is 3.24. The summed E-state index contributed by atoms with van der Waals surface area (Å²) in [6, 6.07) is 0. The molecule has 0 N–H and O–H groups in total. The molecule has 0 saturated carbocycles. The van der Waals surface area contributed by atoms with Gasteiger partial charge in [-0.25, -0.2) is 15.0 Å². The number of amides is 1. The lowest BCUT2D eigenvalue weighted by molar-refractivity contribution is 0.0601. The summed E-state index contributed by atoms with van der Waals surface area (Å²) < 4.78 is 5.32. The summed E-state index contributed by atoms with van der Waals surface area (Å²) in [5.41, 5.74) is 2.92. The predicted molar refractivity (Wildman–Crippen MR) is 92.7 cm³/mol. The van der Waals surface area contributed by atoms with Gasteiger partial charge >= 0.3 is 0 Å². The monoisotopic (exact) mass is 341 g/mol. The molecule has 7 heteroatoms. The van der Waals surface area contributed by atoms with Crippen LogP contribution < -0.4 is 4.90 Å². The predicted octanol–water partition coefficient (Wildman–Crippen LogP) is 1.96. The number of likely N-dealkylation sites (tertiary alicyclic amines) is 1. The van der Waals surface area contributed by atoms with Crippen LogP contribution in [0.25, 0.3) is 0 Å². The number of hydrogen-bond acceptors (Lipinski definition) is 6. The van der Waals surface area contributed by atoms with Crippen molar-refractivity contribution in [2.24, 2.45) is 0 Å². The first-order chi connectivity index (χ1) is 12.0. The van der Waals surface area contributed by atoms with E-state index in [9.17, 15) is 4.79 Å². The van der Waals surface area contributed by atoms with Crippen LogP contribution in [0.3, 0.4) is 0 Å². The maximum atomic E-state index is 12.9. The van der Waals surface area contributed by atoms with E-state index in [1.54, 1.807) is 6.92 Å². The fourth-order valence-electron chi connectivity index (χ4n) is 4.10. The third kappa shape index (κ3) is 2.58. The van der Waals surface area contributed by atoms with Gasteiger partial charge in [0.1, 0.15) is 0 Å². The number of hydrogen-bond donors (Lipinski definition) is 0. The van der Waals surface area contributed by atoms with Gasteiger partial charge in [0.05, 0.1) is 11.4 Å². The number of nitrogens with zero attached hydrogens (tertiary/aromatic N) is 5. The van der Waals surface area contributed by atoms with E-state index in [2.05, 4.69) is 9.97 Å². The molecule has 3 heterocycles. The van der Waals surface area contributed by atoms with Gasteiger partial charge in [-0.3, -0.25) is 4.79 Å². The van der Waals surface area contributed by atoms with Gasteiger partial charge in [0.2, 0.25) is 11.7 Å². The first-order valence-corrected chi connectivity index (χ1v) is 8.73. The minimum atomic E-state index is -0.0654. The van der Waals surface area contributed by atoms with E-state index >= 15 is 0 Å². The van der Waals surface area contributed by atoms with Gasteiger partial charge in [-0.15, -0.1) is 0 Å². The van der Waals surface area contributed by atoms with E-state index in [-0.39, 0.29) is 11.3 Å². The highest BCUT2D eigenvalue weighted by atomic mass is 16.3. The number of anilines is 1. The fraction of sp³-hybridized carbons (Fsp3) is 0.556.